The van der Waals surface area contributed by atoms with Crippen LogP contribution in [0.15, 0.2) is 0 Å². The maximum absolute atomic E-state index is 10.8. The summed E-state index contributed by atoms with van der Waals surface area (Å²) in [7, 11) is 0. The van der Waals surface area contributed by atoms with Gasteiger partial charge >= 0.3 is 5.97 Å². The van der Waals surface area contributed by atoms with Crippen LogP contribution in [0, 0.1) is 0 Å². The predicted molar refractivity (Wildman–Crippen MR) is 45.1 cm³/mol. The molecule has 14 heavy (non-hydrogen) atoms. The number of ether oxygens (including phenoxy) is 1. The largest absolute Gasteiger partial charge is 0.457 e. The molecule has 78 valence electrons. The van der Waals surface area contributed by atoms with Gasteiger partial charge in [-0.05, 0) is 6.92 Å². The molecule has 0 rings (SSSR count). The van der Waals surface area contributed by atoms with Crippen LogP contribution in [0.4, 0.5) is 0 Å². The molecular weight excluding hydrogens is 190 g/mol. The van der Waals surface area contributed by atoms with Crippen molar-refractivity contribution in [3.8, 4) is 0 Å². The van der Waals surface area contributed by atoms with E-state index in [9.17, 15) is 19.2 Å². The molecule has 0 saturated heterocycles. The minimum Gasteiger partial charge on any atom is -0.457 e. The summed E-state index contributed by atoms with van der Waals surface area (Å²) in [6.07, 6.45) is -0.836. The van der Waals surface area contributed by atoms with Crippen molar-refractivity contribution in [2.75, 3.05) is 6.61 Å². The predicted octanol–water partition coefficient (Wildman–Crippen LogP) is -1.05. The number of carbonyl (C=O) groups excluding carboxylic acids is 4. The smallest absolute Gasteiger partial charge is 0.313 e. The third-order valence-electron chi connectivity index (χ3n) is 1.16. The Hall–Kier alpha value is -1.72. The molecule has 6 heteroatoms. The van der Waals surface area contributed by atoms with Gasteiger partial charge in [-0.3, -0.25) is 19.2 Å². The Morgan fingerprint density at radius 2 is 1.71 bits per heavy atom. The fraction of sp³-hybridized carbons (Fsp3) is 0.500. The van der Waals surface area contributed by atoms with Crippen molar-refractivity contribution >= 4 is 23.4 Å². The van der Waals surface area contributed by atoms with Gasteiger partial charge in [-0.15, -0.1) is 0 Å². The zero-order valence-electron chi connectivity index (χ0n) is 7.74. The van der Waals surface area contributed by atoms with Gasteiger partial charge in [-0.1, -0.05) is 0 Å². The van der Waals surface area contributed by atoms with Gasteiger partial charge in [-0.2, -0.15) is 0 Å². The van der Waals surface area contributed by atoms with E-state index in [4.69, 9.17) is 5.73 Å². The van der Waals surface area contributed by atoms with Gasteiger partial charge in [0.1, 0.15) is 12.2 Å². The zero-order chi connectivity index (χ0) is 11.1. The van der Waals surface area contributed by atoms with Gasteiger partial charge in [0.25, 0.3) is 0 Å². The lowest BCUT2D eigenvalue weighted by Crippen LogP contribution is -2.21. The van der Waals surface area contributed by atoms with Gasteiger partial charge in [0, 0.05) is 0 Å². The highest BCUT2D eigenvalue weighted by Gasteiger charge is 2.11. The van der Waals surface area contributed by atoms with Crippen LogP contribution in [-0.4, -0.2) is 30.0 Å². The lowest BCUT2D eigenvalue weighted by molar-refractivity contribution is -0.150. The fourth-order valence-electron chi connectivity index (χ4n) is 0.661. The first-order chi connectivity index (χ1) is 6.41. The van der Waals surface area contributed by atoms with Crippen molar-refractivity contribution in [3.05, 3.63) is 0 Å². The van der Waals surface area contributed by atoms with Crippen molar-refractivity contribution in [1.29, 1.82) is 0 Å². The van der Waals surface area contributed by atoms with Crippen molar-refractivity contribution in [1.82, 2.24) is 0 Å². The van der Waals surface area contributed by atoms with Crippen molar-refractivity contribution < 1.29 is 23.9 Å². The molecule has 0 saturated carbocycles. The number of ketones is 2. The molecule has 0 aromatic heterocycles. The van der Waals surface area contributed by atoms with Crippen molar-refractivity contribution in [2.24, 2.45) is 5.73 Å². The summed E-state index contributed by atoms with van der Waals surface area (Å²) in [6.45, 7) is 0.710. The Morgan fingerprint density at radius 3 is 2.14 bits per heavy atom. The summed E-state index contributed by atoms with van der Waals surface area (Å²) in [5.41, 5.74) is 4.73. The molecule has 0 spiro atoms. The second kappa shape index (κ2) is 5.85. The van der Waals surface area contributed by atoms with Crippen molar-refractivity contribution in [3.63, 3.8) is 0 Å². The first-order valence-electron chi connectivity index (χ1n) is 3.87. The van der Waals surface area contributed by atoms with E-state index in [0.717, 1.165) is 0 Å². The van der Waals surface area contributed by atoms with E-state index in [0.29, 0.717) is 0 Å². The number of carbonyl (C=O) groups is 4. The summed E-state index contributed by atoms with van der Waals surface area (Å²) < 4.78 is 4.40. The highest BCUT2D eigenvalue weighted by Crippen LogP contribution is 1.90. The van der Waals surface area contributed by atoms with E-state index in [1.54, 1.807) is 0 Å². The third kappa shape index (κ3) is 6.96. The number of hydrogen-bond donors (Lipinski definition) is 1. The molecule has 0 bridgehead atoms. The molecule has 0 unspecified atom stereocenters. The lowest BCUT2D eigenvalue weighted by atomic mass is 10.3. The summed E-state index contributed by atoms with van der Waals surface area (Å²) in [4.78, 5) is 42.2. The Morgan fingerprint density at radius 1 is 1.14 bits per heavy atom. The molecule has 0 radical (unpaired) electrons. The van der Waals surface area contributed by atoms with Gasteiger partial charge in [0.05, 0.1) is 6.42 Å². The summed E-state index contributed by atoms with van der Waals surface area (Å²) in [6, 6.07) is 0. The highest BCUT2D eigenvalue weighted by atomic mass is 16.5. The quantitative estimate of drug-likeness (QED) is 0.436. The number of esters is 1. The van der Waals surface area contributed by atoms with E-state index in [2.05, 4.69) is 4.74 Å². The maximum Gasteiger partial charge on any atom is 0.313 e. The van der Waals surface area contributed by atoms with Crippen LogP contribution in [0.3, 0.4) is 0 Å². The Balaban J connectivity index is 3.72. The van der Waals surface area contributed by atoms with Crippen LogP contribution < -0.4 is 5.73 Å². The number of amides is 1. The minimum absolute atomic E-state index is 0.350. The van der Waals surface area contributed by atoms with Crippen LogP contribution in [0.5, 0.6) is 0 Å². The number of rotatable bonds is 6. The molecule has 0 aliphatic rings. The van der Waals surface area contributed by atoms with Crippen LogP contribution in [0.1, 0.15) is 19.8 Å². The second-order valence-corrected chi connectivity index (χ2v) is 2.72. The topological polar surface area (TPSA) is 104 Å². The molecular formula is C8H11NO5. The van der Waals surface area contributed by atoms with Gasteiger partial charge in [0.2, 0.25) is 5.91 Å². The van der Waals surface area contributed by atoms with E-state index in [-0.39, 0.29) is 12.2 Å². The summed E-state index contributed by atoms with van der Waals surface area (Å²) in [5.74, 6) is -2.50. The highest BCUT2D eigenvalue weighted by molar-refractivity contribution is 5.99. The van der Waals surface area contributed by atoms with Gasteiger partial charge < -0.3 is 10.5 Å². The average molecular weight is 201 g/mol. The summed E-state index contributed by atoms with van der Waals surface area (Å²) >= 11 is 0. The minimum atomic E-state index is -0.782. The third-order valence-corrected chi connectivity index (χ3v) is 1.16. The SMILES string of the molecule is CC(=O)CC(=O)OCC(=O)CC(N)=O. The Bertz CT molecular complexity index is 243. The number of nitrogens with two attached hydrogens (primary N) is 1. The Labute approximate surface area is 80.4 Å². The van der Waals surface area contributed by atoms with Crippen LogP contribution in [0.25, 0.3) is 0 Å². The van der Waals surface area contributed by atoms with Crippen LogP contribution in [-0.2, 0) is 23.9 Å². The first-order valence-corrected chi connectivity index (χ1v) is 3.87. The molecule has 0 aromatic rings. The van der Waals surface area contributed by atoms with Crippen LogP contribution in [0.2, 0.25) is 0 Å². The van der Waals surface area contributed by atoms with E-state index in [1.807, 2.05) is 0 Å². The average Bonchev–Trinajstić information content (AvgIpc) is 1.98. The molecule has 1 amide bonds. The number of hydrogen-bond acceptors (Lipinski definition) is 5. The zero-order valence-corrected chi connectivity index (χ0v) is 7.74. The molecule has 0 aliphatic carbocycles. The molecule has 6 nitrogen and oxygen atoms in total. The normalized spacial score (nSPS) is 9.21. The molecule has 2 N–H and O–H groups in total. The maximum atomic E-state index is 10.8. The Kier molecular flexibility index (Phi) is 5.13. The number of primary amides is 1. The summed E-state index contributed by atoms with van der Waals surface area (Å²) in [5, 5.41) is 0. The molecule has 0 heterocycles. The van der Waals surface area contributed by atoms with E-state index >= 15 is 0 Å². The van der Waals surface area contributed by atoms with Crippen molar-refractivity contribution in [2.45, 2.75) is 19.8 Å². The monoisotopic (exact) mass is 201 g/mol. The standard InChI is InChI=1S/C8H11NO5/c1-5(10)2-8(13)14-4-6(11)3-7(9)12/h2-4H2,1H3,(H2,9,12). The second-order valence-electron chi connectivity index (χ2n) is 2.72. The lowest BCUT2D eigenvalue weighted by Gasteiger charge is -2.00. The molecule has 0 atom stereocenters. The van der Waals surface area contributed by atoms with E-state index in [1.165, 1.54) is 6.92 Å². The molecule has 0 fully saturated rings. The first kappa shape index (κ1) is 12.3. The number of Topliss-reactive ketones (excluding diaryl/α,β-unsaturated/α-hetero) is 2. The fourth-order valence-corrected chi connectivity index (χ4v) is 0.661. The van der Waals surface area contributed by atoms with E-state index < -0.39 is 30.7 Å². The molecule has 0 aromatic carbocycles. The van der Waals surface area contributed by atoms with Crippen LogP contribution >= 0.6 is 0 Å². The molecule has 0 aliphatic heterocycles. The van der Waals surface area contributed by atoms with Gasteiger partial charge in [-0.25, -0.2) is 0 Å². The van der Waals surface area contributed by atoms with Gasteiger partial charge in [0.15, 0.2) is 12.4 Å².